The lowest BCUT2D eigenvalue weighted by atomic mass is 10.1. The van der Waals surface area contributed by atoms with Gasteiger partial charge in [0.25, 0.3) is 0 Å². The van der Waals surface area contributed by atoms with Gasteiger partial charge in [0.05, 0.1) is 5.69 Å². The monoisotopic (exact) mass is 268 g/mol. The topological polar surface area (TPSA) is 24.9 Å². The molecule has 0 radical (unpaired) electrons. The summed E-state index contributed by atoms with van der Waals surface area (Å²) in [7, 11) is 0. The number of rotatable bonds is 5. The maximum absolute atomic E-state index is 4.47. The van der Waals surface area contributed by atoms with Gasteiger partial charge in [-0.15, -0.1) is 0 Å². The van der Waals surface area contributed by atoms with Crippen molar-refractivity contribution in [3.05, 3.63) is 28.5 Å². The van der Waals surface area contributed by atoms with E-state index in [0.29, 0.717) is 6.04 Å². The second-order valence-corrected chi connectivity index (χ2v) is 5.11. The molecule has 0 aliphatic heterocycles. The van der Waals surface area contributed by atoms with E-state index in [1.807, 2.05) is 6.20 Å². The van der Waals surface area contributed by atoms with E-state index in [9.17, 15) is 0 Å². The Hall–Kier alpha value is -0.410. The molecule has 82 valence electrons. The summed E-state index contributed by atoms with van der Waals surface area (Å²) in [5, 5.41) is 3.51. The molecule has 1 aromatic rings. The molecule has 0 bridgehead atoms. The Morgan fingerprint density at radius 3 is 2.87 bits per heavy atom. The van der Waals surface area contributed by atoms with E-state index in [-0.39, 0.29) is 0 Å². The van der Waals surface area contributed by atoms with E-state index in [1.165, 1.54) is 25.0 Å². The van der Waals surface area contributed by atoms with Crippen LogP contribution in [0.2, 0.25) is 0 Å². The van der Waals surface area contributed by atoms with Crippen LogP contribution in [0, 0.1) is 5.92 Å². The Balaban J connectivity index is 2.04. The van der Waals surface area contributed by atoms with Crippen LogP contribution in [0.1, 0.15) is 37.9 Å². The first kappa shape index (κ1) is 11.1. The summed E-state index contributed by atoms with van der Waals surface area (Å²) in [6.07, 6.45) is 5.92. The van der Waals surface area contributed by atoms with Gasteiger partial charge in [-0.2, -0.15) is 0 Å². The molecule has 1 heterocycles. The van der Waals surface area contributed by atoms with Crippen molar-refractivity contribution in [3.63, 3.8) is 0 Å². The van der Waals surface area contributed by atoms with Crippen molar-refractivity contribution in [2.45, 2.75) is 32.2 Å². The zero-order chi connectivity index (χ0) is 10.7. The molecule has 1 unspecified atom stereocenters. The van der Waals surface area contributed by atoms with Gasteiger partial charge in [-0.25, -0.2) is 0 Å². The highest BCUT2D eigenvalue weighted by Gasteiger charge is 2.26. The van der Waals surface area contributed by atoms with Crippen LogP contribution in [-0.2, 0) is 0 Å². The number of pyridine rings is 1. The Labute approximate surface area is 99.6 Å². The Morgan fingerprint density at radius 2 is 2.33 bits per heavy atom. The molecule has 3 heteroatoms. The molecular weight excluding hydrogens is 252 g/mol. The molecule has 0 saturated heterocycles. The van der Waals surface area contributed by atoms with Gasteiger partial charge in [-0.3, -0.25) is 4.98 Å². The van der Waals surface area contributed by atoms with E-state index in [4.69, 9.17) is 0 Å². The predicted molar refractivity (Wildman–Crippen MR) is 65.7 cm³/mol. The van der Waals surface area contributed by atoms with Crippen LogP contribution in [0.3, 0.4) is 0 Å². The van der Waals surface area contributed by atoms with Crippen LogP contribution in [0.4, 0.5) is 0 Å². The Morgan fingerprint density at radius 1 is 1.53 bits per heavy atom. The second-order valence-electron chi connectivity index (χ2n) is 4.19. The smallest absolute Gasteiger partial charge is 0.0574 e. The molecule has 1 aliphatic carbocycles. The first-order valence-electron chi connectivity index (χ1n) is 5.64. The Kier molecular flexibility index (Phi) is 3.76. The predicted octanol–water partition coefficient (Wildman–Crippen LogP) is 3.29. The molecule has 2 nitrogen and oxygen atoms in total. The summed E-state index contributed by atoms with van der Waals surface area (Å²) in [6, 6.07) is 4.62. The number of nitrogens with one attached hydrogen (secondary N) is 1. The molecule has 2 rings (SSSR count). The molecule has 1 saturated carbocycles. The fourth-order valence-electron chi connectivity index (χ4n) is 1.84. The highest BCUT2D eigenvalue weighted by atomic mass is 79.9. The van der Waals surface area contributed by atoms with Gasteiger partial charge in [0.2, 0.25) is 0 Å². The van der Waals surface area contributed by atoms with Gasteiger partial charge < -0.3 is 5.32 Å². The molecule has 0 aromatic carbocycles. The van der Waals surface area contributed by atoms with Crippen LogP contribution < -0.4 is 5.32 Å². The number of hydrogen-bond donors (Lipinski definition) is 1. The highest BCUT2D eigenvalue weighted by molar-refractivity contribution is 9.10. The second kappa shape index (κ2) is 5.08. The zero-order valence-corrected chi connectivity index (χ0v) is 10.6. The fourth-order valence-corrected chi connectivity index (χ4v) is 2.07. The van der Waals surface area contributed by atoms with E-state index in [0.717, 1.165) is 16.9 Å². The normalized spacial score (nSPS) is 17.7. The van der Waals surface area contributed by atoms with Crippen LogP contribution in [0.25, 0.3) is 0 Å². The summed E-state index contributed by atoms with van der Waals surface area (Å²) >= 11 is 3.41. The highest BCUT2D eigenvalue weighted by Crippen LogP contribution is 2.37. The van der Waals surface area contributed by atoms with Gasteiger partial charge in [0.15, 0.2) is 0 Å². The third-order valence-electron chi connectivity index (χ3n) is 2.82. The molecule has 1 aromatic heterocycles. The summed E-state index contributed by atoms with van der Waals surface area (Å²) in [6.45, 7) is 3.16. The molecule has 1 aliphatic rings. The van der Waals surface area contributed by atoms with Crippen LogP contribution in [0.15, 0.2) is 22.8 Å². The molecule has 0 spiro atoms. The fraction of sp³-hybridized carbons (Fsp3) is 0.583. The van der Waals surface area contributed by atoms with Crippen LogP contribution in [0.5, 0.6) is 0 Å². The molecular formula is C12H17BrN2. The van der Waals surface area contributed by atoms with Crippen LogP contribution >= 0.6 is 15.9 Å². The van der Waals surface area contributed by atoms with Gasteiger partial charge >= 0.3 is 0 Å². The minimum Gasteiger partial charge on any atom is -0.309 e. The minimum atomic E-state index is 0.440. The molecule has 0 amide bonds. The number of hydrogen-bond acceptors (Lipinski definition) is 2. The first-order valence-corrected chi connectivity index (χ1v) is 6.43. The van der Waals surface area contributed by atoms with E-state index in [1.54, 1.807) is 0 Å². The molecule has 1 fully saturated rings. The van der Waals surface area contributed by atoms with Crippen molar-refractivity contribution in [1.82, 2.24) is 10.3 Å². The average Bonchev–Trinajstić information content (AvgIpc) is 3.02. The lowest BCUT2D eigenvalue weighted by Gasteiger charge is -2.16. The third-order valence-corrected chi connectivity index (χ3v) is 3.29. The minimum absolute atomic E-state index is 0.440. The zero-order valence-electron chi connectivity index (χ0n) is 9.04. The van der Waals surface area contributed by atoms with Crippen molar-refractivity contribution in [2.24, 2.45) is 5.92 Å². The lowest BCUT2D eigenvalue weighted by molar-refractivity contribution is 0.476. The van der Waals surface area contributed by atoms with Crippen molar-refractivity contribution in [3.8, 4) is 0 Å². The van der Waals surface area contributed by atoms with Crippen molar-refractivity contribution in [1.29, 1.82) is 0 Å². The van der Waals surface area contributed by atoms with Gasteiger partial charge in [0.1, 0.15) is 0 Å². The SMILES string of the molecule is CCNC(CC1CC1)c1ccc(Br)cn1. The van der Waals surface area contributed by atoms with Gasteiger partial charge in [-0.1, -0.05) is 19.8 Å². The average molecular weight is 269 g/mol. The maximum atomic E-state index is 4.47. The summed E-state index contributed by atoms with van der Waals surface area (Å²) in [5.74, 6) is 0.930. The number of halogens is 1. The number of aromatic nitrogens is 1. The Bertz CT molecular complexity index is 306. The van der Waals surface area contributed by atoms with Crippen molar-refractivity contribution >= 4 is 15.9 Å². The molecule has 1 atom stereocenters. The molecule has 15 heavy (non-hydrogen) atoms. The van der Waals surface area contributed by atoms with E-state index < -0.39 is 0 Å². The number of nitrogens with zero attached hydrogens (tertiary/aromatic N) is 1. The first-order chi connectivity index (χ1) is 7.29. The largest absolute Gasteiger partial charge is 0.309 e. The summed E-state index contributed by atoms with van der Waals surface area (Å²) < 4.78 is 1.05. The van der Waals surface area contributed by atoms with Gasteiger partial charge in [0, 0.05) is 16.7 Å². The van der Waals surface area contributed by atoms with Crippen molar-refractivity contribution in [2.75, 3.05) is 6.54 Å². The van der Waals surface area contributed by atoms with E-state index in [2.05, 4.69) is 45.3 Å². The lowest BCUT2D eigenvalue weighted by Crippen LogP contribution is -2.22. The summed E-state index contributed by atoms with van der Waals surface area (Å²) in [4.78, 5) is 4.47. The van der Waals surface area contributed by atoms with E-state index >= 15 is 0 Å². The van der Waals surface area contributed by atoms with Crippen molar-refractivity contribution < 1.29 is 0 Å². The van der Waals surface area contributed by atoms with Crippen LogP contribution in [-0.4, -0.2) is 11.5 Å². The summed E-state index contributed by atoms with van der Waals surface area (Å²) in [5.41, 5.74) is 1.17. The quantitative estimate of drug-likeness (QED) is 0.887. The maximum Gasteiger partial charge on any atom is 0.0574 e. The third kappa shape index (κ3) is 3.28. The molecule has 1 N–H and O–H groups in total. The standard InChI is InChI=1S/C12H17BrN2/c1-2-14-12(7-9-3-4-9)11-6-5-10(13)8-15-11/h5-6,8-9,12,14H,2-4,7H2,1H3. The van der Waals surface area contributed by atoms with Gasteiger partial charge in [-0.05, 0) is 46.9 Å².